The number of nitrogens with one attached hydrogen (secondary N) is 1. The lowest BCUT2D eigenvalue weighted by Crippen LogP contribution is -2.50. The van der Waals surface area contributed by atoms with Crippen molar-refractivity contribution in [1.82, 2.24) is 10.2 Å². The zero-order chi connectivity index (χ0) is 15.2. The summed E-state index contributed by atoms with van der Waals surface area (Å²) in [7, 11) is 0. The summed E-state index contributed by atoms with van der Waals surface area (Å²) in [4.78, 5) is 13.9. The summed E-state index contributed by atoms with van der Waals surface area (Å²) in [5, 5.41) is 12.2. The molecule has 0 saturated carbocycles. The first kappa shape index (κ1) is 14.3. The number of hydrogen-bond donors (Lipinski definition) is 2. The quantitative estimate of drug-likeness (QED) is 0.863. The van der Waals surface area contributed by atoms with Gasteiger partial charge in [-0.05, 0) is 11.6 Å². The molecule has 2 aliphatic heterocycles. The van der Waals surface area contributed by atoms with Gasteiger partial charge in [0, 0.05) is 25.6 Å². The van der Waals surface area contributed by atoms with Crippen molar-refractivity contribution in [2.75, 3.05) is 26.2 Å². The average Bonchev–Trinajstić information content (AvgIpc) is 2.91. The number of β-amino-alcohol motifs (C(OH)–C–C–N with tert-alkyl or cyclic N) is 1. The Morgan fingerprint density at radius 2 is 2.10 bits per heavy atom. The van der Waals surface area contributed by atoms with E-state index in [-0.39, 0.29) is 30.7 Å². The average molecular weight is 300 g/mol. The smallest absolute Gasteiger partial charge is 0.395 e. The Morgan fingerprint density at radius 3 is 2.76 bits per heavy atom. The number of rotatable bonds is 2. The second kappa shape index (κ2) is 4.99. The van der Waals surface area contributed by atoms with E-state index in [0.29, 0.717) is 18.7 Å². The van der Waals surface area contributed by atoms with Crippen LogP contribution in [0.25, 0.3) is 0 Å². The molecule has 3 rings (SSSR count). The summed E-state index contributed by atoms with van der Waals surface area (Å²) in [6.45, 7) is 0.853. The number of carbonyl (C=O) groups is 1. The minimum absolute atomic E-state index is 0.0489. The van der Waals surface area contributed by atoms with Gasteiger partial charge in [0.25, 0.3) is 5.91 Å². The number of aliphatic hydroxyl groups is 1. The first-order chi connectivity index (χ1) is 9.95. The van der Waals surface area contributed by atoms with Gasteiger partial charge in [-0.3, -0.25) is 4.79 Å². The van der Waals surface area contributed by atoms with E-state index in [1.54, 1.807) is 6.07 Å². The maximum absolute atomic E-state index is 13.2. The number of amides is 1. The van der Waals surface area contributed by atoms with Gasteiger partial charge in [-0.25, -0.2) is 0 Å². The molecule has 0 radical (unpaired) electrons. The number of alkyl halides is 3. The molecule has 2 heterocycles. The summed E-state index contributed by atoms with van der Waals surface area (Å²) in [5.74, 6) is -0.802. The molecule has 2 N–H and O–H groups in total. The molecule has 1 saturated heterocycles. The zero-order valence-corrected chi connectivity index (χ0v) is 11.2. The third-order valence-corrected chi connectivity index (χ3v) is 4.20. The first-order valence-electron chi connectivity index (χ1n) is 6.77. The van der Waals surface area contributed by atoms with Crippen molar-refractivity contribution in [2.45, 2.75) is 18.1 Å². The van der Waals surface area contributed by atoms with Gasteiger partial charge >= 0.3 is 6.18 Å². The zero-order valence-electron chi connectivity index (χ0n) is 11.2. The number of fused-ring (bicyclic) bond motifs is 3. The highest BCUT2D eigenvalue weighted by Crippen LogP contribution is 2.41. The second-order valence-electron chi connectivity index (χ2n) is 5.32. The van der Waals surface area contributed by atoms with Crippen LogP contribution in [0.1, 0.15) is 27.4 Å². The van der Waals surface area contributed by atoms with Crippen molar-refractivity contribution in [2.24, 2.45) is 0 Å². The van der Waals surface area contributed by atoms with Crippen LogP contribution in [-0.4, -0.2) is 48.2 Å². The molecule has 2 unspecified atom stereocenters. The molecule has 0 spiro atoms. The summed E-state index contributed by atoms with van der Waals surface area (Å²) in [6, 6.07) is 3.70. The Balaban J connectivity index is 2.16. The standard InChI is InChI=1S/C14H15F3N2O2/c15-14(16,17)10-3-1-2-8-9-6-18-7-11(9)19(4-5-20)13(21)12(8)10/h1-3,9,11,18,20H,4-7H2. The van der Waals surface area contributed by atoms with E-state index in [4.69, 9.17) is 5.11 Å². The van der Waals surface area contributed by atoms with E-state index >= 15 is 0 Å². The highest BCUT2D eigenvalue weighted by Gasteiger charge is 2.46. The van der Waals surface area contributed by atoms with Crippen LogP contribution >= 0.6 is 0 Å². The Kier molecular flexibility index (Phi) is 3.41. The summed E-state index contributed by atoms with van der Waals surface area (Å²) >= 11 is 0. The van der Waals surface area contributed by atoms with Gasteiger partial charge in [0.15, 0.2) is 0 Å². The fraction of sp³-hybridized carbons (Fsp3) is 0.500. The number of nitrogens with zero attached hydrogens (tertiary/aromatic N) is 1. The van der Waals surface area contributed by atoms with E-state index in [1.807, 2.05) is 0 Å². The molecule has 2 aliphatic rings. The largest absolute Gasteiger partial charge is 0.417 e. The lowest BCUT2D eigenvalue weighted by Gasteiger charge is -2.38. The van der Waals surface area contributed by atoms with Crippen LogP contribution in [0.5, 0.6) is 0 Å². The van der Waals surface area contributed by atoms with Crippen molar-refractivity contribution >= 4 is 5.91 Å². The fourth-order valence-electron chi connectivity index (χ4n) is 3.33. The summed E-state index contributed by atoms with van der Waals surface area (Å²) < 4.78 is 39.5. The number of carbonyl (C=O) groups excluding carboxylic acids is 1. The molecule has 0 aromatic heterocycles. The molecular weight excluding hydrogens is 285 g/mol. The third kappa shape index (κ3) is 2.20. The van der Waals surface area contributed by atoms with Gasteiger partial charge < -0.3 is 15.3 Å². The highest BCUT2D eigenvalue weighted by molar-refractivity contribution is 5.99. The van der Waals surface area contributed by atoms with Crippen LogP contribution in [0.4, 0.5) is 13.2 Å². The number of aliphatic hydroxyl groups excluding tert-OH is 1. The lowest BCUT2D eigenvalue weighted by atomic mass is 9.82. The normalized spacial score (nSPS) is 25.0. The number of halogens is 3. The lowest BCUT2D eigenvalue weighted by molar-refractivity contribution is -0.138. The van der Waals surface area contributed by atoms with Crippen molar-refractivity contribution in [1.29, 1.82) is 0 Å². The number of benzene rings is 1. The molecule has 114 valence electrons. The van der Waals surface area contributed by atoms with E-state index in [0.717, 1.165) is 6.07 Å². The predicted molar refractivity (Wildman–Crippen MR) is 69.0 cm³/mol. The maximum atomic E-state index is 13.2. The fourth-order valence-corrected chi connectivity index (χ4v) is 3.33. The Bertz CT molecular complexity index is 574. The summed E-state index contributed by atoms with van der Waals surface area (Å²) in [5.41, 5.74) is -0.694. The molecule has 1 fully saturated rings. The Hall–Kier alpha value is -1.60. The monoisotopic (exact) mass is 300 g/mol. The molecule has 0 bridgehead atoms. The van der Waals surface area contributed by atoms with Gasteiger partial charge in [-0.15, -0.1) is 0 Å². The maximum Gasteiger partial charge on any atom is 0.417 e. The van der Waals surface area contributed by atoms with E-state index in [2.05, 4.69) is 5.32 Å². The molecule has 2 atom stereocenters. The van der Waals surface area contributed by atoms with Crippen LogP contribution in [-0.2, 0) is 6.18 Å². The highest BCUT2D eigenvalue weighted by atomic mass is 19.4. The van der Waals surface area contributed by atoms with Gasteiger partial charge in [0.1, 0.15) is 0 Å². The van der Waals surface area contributed by atoms with Crippen LogP contribution in [0.3, 0.4) is 0 Å². The molecule has 1 amide bonds. The van der Waals surface area contributed by atoms with Gasteiger partial charge in [0.2, 0.25) is 0 Å². The van der Waals surface area contributed by atoms with Gasteiger partial charge in [0.05, 0.1) is 23.8 Å². The number of hydrogen-bond acceptors (Lipinski definition) is 3. The minimum atomic E-state index is -4.56. The first-order valence-corrected chi connectivity index (χ1v) is 6.77. The molecular formula is C14H15F3N2O2. The van der Waals surface area contributed by atoms with Gasteiger partial charge in [-0.2, -0.15) is 13.2 Å². The van der Waals surface area contributed by atoms with Crippen LogP contribution in [0, 0.1) is 0 Å². The topological polar surface area (TPSA) is 52.6 Å². The van der Waals surface area contributed by atoms with E-state index in [1.165, 1.54) is 11.0 Å². The Morgan fingerprint density at radius 1 is 1.33 bits per heavy atom. The molecule has 0 aliphatic carbocycles. The second-order valence-corrected chi connectivity index (χ2v) is 5.32. The predicted octanol–water partition coefficient (Wildman–Crippen LogP) is 1.21. The van der Waals surface area contributed by atoms with Crippen LogP contribution < -0.4 is 5.32 Å². The van der Waals surface area contributed by atoms with Crippen LogP contribution in [0.2, 0.25) is 0 Å². The SMILES string of the molecule is O=C1c2c(cccc2C(F)(F)F)C2CNCC2N1CCO. The Labute approximate surface area is 119 Å². The third-order valence-electron chi connectivity index (χ3n) is 4.20. The van der Waals surface area contributed by atoms with Crippen molar-refractivity contribution in [3.8, 4) is 0 Å². The van der Waals surface area contributed by atoms with E-state index < -0.39 is 17.6 Å². The molecule has 21 heavy (non-hydrogen) atoms. The molecule has 4 nitrogen and oxygen atoms in total. The summed E-state index contributed by atoms with van der Waals surface area (Å²) in [6.07, 6.45) is -4.56. The van der Waals surface area contributed by atoms with Crippen molar-refractivity contribution in [3.05, 3.63) is 34.9 Å². The molecule has 1 aromatic carbocycles. The minimum Gasteiger partial charge on any atom is -0.395 e. The van der Waals surface area contributed by atoms with Crippen LogP contribution in [0.15, 0.2) is 18.2 Å². The molecule has 1 aromatic rings. The van der Waals surface area contributed by atoms with Gasteiger partial charge in [-0.1, -0.05) is 12.1 Å². The van der Waals surface area contributed by atoms with E-state index in [9.17, 15) is 18.0 Å². The van der Waals surface area contributed by atoms with Crippen molar-refractivity contribution in [3.63, 3.8) is 0 Å². The van der Waals surface area contributed by atoms with Crippen molar-refractivity contribution < 1.29 is 23.1 Å². The molecule has 7 heteroatoms.